The molecule has 0 saturated heterocycles. The number of hydrogen-bond donors (Lipinski definition) is 2. The number of rotatable bonds is 6. The van der Waals surface area contributed by atoms with E-state index < -0.39 is 51.6 Å². The topological polar surface area (TPSA) is 86.7 Å². The molecule has 1 amide bonds. The highest BCUT2D eigenvalue weighted by atomic mass is 32.2. The van der Waals surface area contributed by atoms with Gasteiger partial charge in [-0.3, -0.25) is 4.79 Å². The Hall–Kier alpha value is -2.87. The van der Waals surface area contributed by atoms with Gasteiger partial charge in [-0.2, -0.15) is 26.3 Å². The van der Waals surface area contributed by atoms with Gasteiger partial charge in [0.15, 0.2) is 9.84 Å². The minimum Gasteiger partial charge on any atom is -0.371 e. The summed E-state index contributed by atoms with van der Waals surface area (Å²) in [6.45, 7) is 2.83. The number of anilines is 1. The number of fused-ring (bicyclic) bond motifs is 1. The number of nitrogens with one attached hydrogen (secondary N) is 1. The van der Waals surface area contributed by atoms with Crippen LogP contribution < -0.4 is 5.32 Å². The molecule has 0 spiro atoms. The predicted molar refractivity (Wildman–Crippen MR) is 119 cm³/mol. The minimum atomic E-state index is -6.27. The van der Waals surface area contributed by atoms with Gasteiger partial charge in [0.1, 0.15) is 12.3 Å². The van der Waals surface area contributed by atoms with Crippen LogP contribution in [0.3, 0.4) is 0 Å². The van der Waals surface area contributed by atoms with Gasteiger partial charge < -0.3 is 15.3 Å². The fourth-order valence-electron chi connectivity index (χ4n) is 4.22. The normalized spacial score (nSPS) is 17.8. The number of nitrogens with zero attached hydrogens (tertiary/aromatic N) is 1. The first-order chi connectivity index (χ1) is 16.9. The quantitative estimate of drug-likeness (QED) is 0.400. The van der Waals surface area contributed by atoms with Gasteiger partial charge in [0.2, 0.25) is 5.91 Å². The van der Waals surface area contributed by atoms with E-state index in [1.54, 1.807) is 0 Å². The number of hydrogen-bond acceptors (Lipinski definition) is 5. The lowest BCUT2D eigenvalue weighted by atomic mass is 9.91. The average molecular weight is 556 g/mol. The van der Waals surface area contributed by atoms with Crippen LogP contribution in [0.25, 0.3) is 0 Å². The largest absolute Gasteiger partial charge is 0.435 e. The van der Waals surface area contributed by atoms with Crippen LogP contribution in [-0.4, -0.2) is 55.2 Å². The van der Waals surface area contributed by atoms with Crippen molar-refractivity contribution in [2.75, 3.05) is 17.6 Å². The lowest BCUT2D eigenvalue weighted by Crippen LogP contribution is -2.50. The molecule has 0 aliphatic carbocycles. The molecule has 37 heavy (non-hydrogen) atoms. The summed E-state index contributed by atoms with van der Waals surface area (Å²) < 4.78 is 117. The first kappa shape index (κ1) is 28.7. The van der Waals surface area contributed by atoms with E-state index in [4.69, 9.17) is 0 Å². The van der Waals surface area contributed by atoms with E-state index in [1.165, 1.54) is 36.9 Å². The van der Waals surface area contributed by atoms with Gasteiger partial charge in [-0.05, 0) is 41.8 Å². The van der Waals surface area contributed by atoms with Gasteiger partial charge >= 0.3 is 18.0 Å². The summed E-state index contributed by atoms with van der Waals surface area (Å²) in [5, 5.41) is 13.4. The van der Waals surface area contributed by atoms with E-state index in [9.17, 15) is 49.1 Å². The van der Waals surface area contributed by atoms with Gasteiger partial charge in [0, 0.05) is 24.7 Å². The molecule has 1 aliphatic heterocycles. The second kappa shape index (κ2) is 9.78. The van der Waals surface area contributed by atoms with Gasteiger partial charge in [0.05, 0.1) is 10.6 Å². The molecule has 2 atom stereocenters. The van der Waals surface area contributed by atoms with Crippen LogP contribution in [0.5, 0.6) is 0 Å². The summed E-state index contributed by atoms with van der Waals surface area (Å²) in [5.74, 6) is -0.577. The molecule has 0 fully saturated rings. The molecular formula is C23H23F7N2O4S. The third-order valence-corrected chi connectivity index (χ3v) is 7.94. The summed E-state index contributed by atoms with van der Waals surface area (Å²) in [6.07, 6.45) is -13.9. The van der Waals surface area contributed by atoms with Gasteiger partial charge in [-0.15, -0.1) is 0 Å². The van der Waals surface area contributed by atoms with Crippen molar-refractivity contribution in [3.05, 3.63) is 59.2 Å². The monoisotopic (exact) mass is 556 g/mol. The Kier molecular flexibility index (Phi) is 7.59. The number of aliphatic hydroxyl groups is 1. The van der Waals surface area contributed by atoms with Crippen LogP contribution in [0.2, 0.25) is 0 Å². The Bertz CT molecular complexity index is 1250. The van der Waals surface area contributed by atoms with Crippen LogP contribution in [0, 0.1) is 0 Å². The van der Waals surface area contributed by atoms with Gasteiger partial charge in [0.25, 0.3) is 0 Å². The maximum absolute atomic E-state index is 14.3. The van der Waals surface area contributed by atoms with Crippen LogP contribution in [0.1, 0.15) is 36.6 Å². The molecule has 1 heterocycles. The summed E-state index contributed by atoms with van der Waals surface area (Å²) in [4.78, 5) is 13.6. The zero-order valence-corrected chi connectivity index (χ0v) is 20.3. The zero-order valence-electron chi connectivity index (χ0n) is 19.5. The highest BCUT2D eigenvalue weighted by Crippen LogP contribution is 2.53. The van der Waals surface area contributed by atoms with Crippen molar-refractivity contribution in [2.45, 2.75) is 55.5 Å². The Morgan fingerprint density at radius 1 is 1.05 bits per heavy atom. The van der Waals surface area contributed by atoms with Crippen LogP contribution in [0.15, 0.2) is 47.4 Å². The number of halogens is 7. The van der Waals surface area contributed by atoms with Crippen molar-refractivity contribution in [1.29, 1.82) is 0 Å². The van der Waals surface area contributed by atoms with Crippen LogP contribution in [0.4, 0.5) is 36.4 Å². The number of aliphatic hydroxyl groups excluding tert-OH is 1. The highest BCUT2D eigenvalue weighted by molar-refractivity contribution is 7.91. The number of alkyl halides is 7. The first-order valence-electron chi connectivity index (χ1n) is 10.9. The number of carbonyl (C=O) groups is 1. The minimum absolute atomic E-state index is 0.0610. The summed E-state index contributed by atoms with van der Waals surface area (Å²) in [7, 11) is -3.53. The van der Waals surface area contributed by atoms with E-state index in [2.05, 4.69) is 5.32 Å². The molecule has 1 aliphatic rings. The molecule has 0 bridgehead atoms. The second-order valence-electron chi connectivity index (χ2n) is 8.49. The van der Waals surface area contributed by atoms with Crippen molar-refractivity contribution < 1.29 is 49.1 Å². The van der Waals surface area contributed by atoms with Crippen LogP contribution >= 0.6 is 0 Å². The molecule has 1 unspecified atom stereocenters. The molecule has 6 nitrogen and oxygen atoms in total. The molecule has 2 N–H and O–H groups in total. The fourth-order valence-corrected chi connectivity index (χ4v) is 5.15. The van der Waals surface area contributed by atoms with E-state index in [1.807, 2.05) is 0 Å². The zero-order chi connectivity index (χ0) is 28.0. The molecule has 2 aromatic carbocycles. The molecule has 3 rings (SSSR count). The SMILES string of the molecule is CCS(=O)(=O)c1ccc2c(c1)CCN(C(C)=O)C2[C@@H](O)Nc1ccc(C(F)(C(F)(F)F)C(F)(F)F)cc1. The summed E-state index contributed by atoms with van der Waals surface area (Å²) in [5.41, 5.74) is -6.48. The smallest absolute Gasteiger partial charge is 0.371 e. The Morgan fingerprint density at radius 2 is 1.62 bits per heavy atom. The lowest BCUT2D eigenvalue weighted by molar-refractivity contribution is -0.348. The Morgan fingerprint density at radius 3 is 2.11 bits per heavy atom. The summed E-state index contributed by atoms with van der Waals surface area (Å²) >= 11 is 0. The third-order valence-electron chi connectivity index (χ3n) is 6.21. The number of carbonyl (C=O) groups excluding carboxylic acids is 1. The lowest BCUT2D eigenvalue weighted by Gasteiger charge is -2.40. The Balaban J connectivity index is 1.94. The third kappa shape index (κ3) is 5.26. The molecular weight excluding hydrogens is 533 g/mol. The van der Waals surface area contributed by atoms with E-state index in [0.717, 1.165) is 12.1 Å². The molecule has 2 aromatic rings. The fraction of sp³-hybridized carbons (Fsp3) is 0.435. The maximum Gasteiger partial charge on any atom is 0.435 e. The van der Waals surface area contributed by atoms with Crippen molar-refractivity contribution in [3.8, 4) is 0 Å². The first-order valence-corrected chi connectivity index (χ1v) is 12.6. The Labute approximate surface area is 208 Å². The molecule has 0 saturated carbocycles. The van der Waals surface area contributed by atoms with E-state index >= 15 is 0 Å². The van der Waals surface area contributed by atoms with Gasteiger partial charge in [-0.1, -0.05) is 25.1 Å². The van der Waals surface area contributed by atoms with Crippen molar-refractivity contribution in [1.82, 2.24) is 4.90 Å². The van der Waals surface area contributed by atoms with Crippen molar-refractivity contribution >= 4 is 21.4 Å². The molecule has 204 valence electrons. The average Bonchev–Trinajstić information content (AvgIpc) is 2.81. The van der Waals surface area contributed by atoms with Crippen molar-refractivity contribution in [2.24, 2.45) is 0 Å². The number of sulfone groups is 1. The van der Waals surface area contributed by atoms with E-state index in [-0.39, 0.29) is 29.3 Å². The maximum atomic E-state index is 14.3. The highest BCUT2D eigenvalue weighted by Gasteiger charge is 2.73. The number of benzene rings is 2. The predicted octanol–water partition coefficient (Wildman–Crippen LogP) is 4.65. The second-order valence-corrected chi connectivity index (χ2v) is 10.8. The van der Waals surface area contributed by atoms with Crippen molar-refractivity contribution in [3.63, 3.8) is 0 Å². The summed E-state index contributed by atoms with van der Waals surface area (Å²) in [6, 6.07) is 5.22. The van der Waals surface area contributed by atoms with Crippen LogP contribution in [-0.2, 0) is 26.7 Å². The van der Waals surface area contributed by atoms with Gasteiger partial charge in [-0.25, -0.2) is 12.8 Å². The number of amides is 1. The van der Waals surface area contributed by atoms with E-state index in [0.29, 0.717) is 23.3 Å². The standard InChI is InChI=1S/C23H23F7N2O4S/c1-3-37(35,36)17-8-9-18-14(12-17)10-11-32(13(2)33)19(18)20(34)31-16-6-4-15(5-7-16)21(24,22(25,26)27)23(28,29)30/h4-9,12,19-20,31,34H,3,10-11H2,1-2H3/t19?,20-/m1/s1. The molecule has 14 heteroatoms. The molecule has 0 radical (unpaired) electrons. The molecule has 0 aromatic heterocycles.